The zero-order chi connectivity index (χ0) is 10.8. The molecule has 0 bridgehead atoms. The van der Waals surface area contributed by atoms with E-state index < -0.39 is 4.92 Å². The number of nitro groups is 1. The van der Waals surface area contributed by atoms with Gasteiger partial charge in [0.05, 0.1) is 4.92 Å². The lowest BCUT2D eigenvalue weighted by Crippen LogP contribution is -1.89. The van der Waals surface area contributed by atoms with Crippen molar-refractivity contribution in [1.29, 1.82) is 0 Å². The van der Waals surface area contributed by atoms with Gasteiger partial charge in [0.1, 0.15) is 0 Å². The first-order chi connectivity index (χ1) is 7.20. The Morgan fingerprint density at radius 1 is 1.33 bits per heavy atom. The van der Waals surface area contributed by atoms with Gasteiger partial charge in [-0.05, 0) is 0 Å². The monoisotopic (exact) mass is 223 g/mol. The average molecular weight is 224 g/mol. The van der Waals surface area contributed by atoms with E-state index >= 15 is 0 Å². The Morgan fingerprint density at radius 3 is 2.60 bits per heavy atom. The number of benzene rings is 1. The van der Waals surface area contributed by atoms with Crippen molar-refractivity contribution in [3.8, 4) is 11.3 Å². The van der Waals surface area contributed by atoms with Crippen molar-refractivity contribution in [1.82, 2.24) is 10.2 Å². The van der Waals surface area contributed by atoms with Gasteiger partial charge in [-0.15, -0.1) is 0 Å². The summed E-state index contributed by atoms with van der Waals surface area (Å²) >= 11 is 5.63. The molecule has 0 aliphatic rings. The van der Waals surface area contributed by atoms with Crippen molar-refractivity contribution in [2.75, 3.05) is 0 Å². The highest BCUT2D eigenvalue weighted by molar-refractivity contribution is 6.32. The van der Waals surface area contributed by atoms with E-state index in [9.17, 15) is 10.1 Å². The molecule has 1 heterocycles. The molecule has 0 unspecified atom stereocenters. The zero-order valence-electron chi connectivity index (χ0n) is 7.48. The van der Waals surface area contributed by atoms with Gasteiger partial charge in [0.2, 0.25) is 5.15 Å². The van der Waals surface area contributed by atoms with Crippen LogP contribution in [0.25, 0.3) is 11.3 Å². The molecule has 2 aromatic rings. The van der Waals surface area contributed by atoms with Gasteiger partial charge < -0.3 is 0 Å². The van der Waals surface area contributed by atoms with Crippen LogP contribution in [0.15, 0.2) is 30.3 Å². The summed E-state index contributed by atoms with van der Waals surface area (Å²) in [5.74, 6) is 0. The van der Waals surface area contributed by atoms with Gasteiger partial charge in [-0.25, -0.2) is 0 Å². The first-order valence-electron chi connectivity index (χ1n) is 4.14. The molecular weight excluding hydrogens is 218 g/mol. The second-order valence-electron chi connectivity index (χ2n) is 2.86. The molecule has 76 valence electrons. The molecule has 0 spiro atoms. The van der Waals surface area contributed by atoms with Gasteiger partial charge in [0.25, 0.3) is 0 Å². The highest BCUT2D eigenvalue weighted by Gasteiger charge is 2.23. The molecule has 0 amide bonds. The summed E-state index contributed by atoms with van der Waals surface area (Å²) in [5, 5.41) is 16.9. The second-order valence-corrected chi connectivity index (χ2v) is 3.24. The van der Waals surface area contributed by atoms with Crippen molar-refractivity contribution in [3.63, 3.8) is 0 Å². The molecule has 5 nitrogen and oxygen atoms in total. The van der Waals surface area contributed by atoms with Gasteiger partial charge in [-0.2, -0.15) is 5.10 Å². The van der Waals surface area contributed by atoms with E-state index in [1.165, 1.54) is 0 Å². The standard InChI is InChI=1S/C9H6ClN3O2/c10-9-8(13(14)15)7(11-12-9)6-4-2-1-3-5-6/h1-5H,(H,11,12). The van der Waals surface area contributed by atoms with Gasteiger partial charge in [0, 0.05) is 5.56 Å². The van der Waals surface area contributed by atoms with Crippen LogP contribution >= 0.6 is 11.6 Å². The predicted octanol–water partition coefficient (Wildman–Crippen LogP) is 2.64. The number of hydrogen-bond acceptors (Lipinski definition) is 3. The molecule has 1 N–H and O–H groups in total. The topological polar surface area (TPSA) is 71.8 Å². The summed E-state index contributed by atoms with van der Waals surface area (Å²) in [5.41, 5.74) is 0.723. The highest BCUT2D eigenvalue weighted by Crippen LogP contribution is 2.32. The number of nitrogens with one attached hydrogen (secondary N) is 1. The van der Waals surface area contributed by atoms with Crippen LogP contribution in [0.3, 0.4) is 0 Å². The SMILES string of the molecule is O=[N+]([O-])c1c(-c2ccccc2)n[nH]c1Cl. The lowest BCUT2D eigenvalue weighted by atomic mass is 10.1. The summed E-state index contributed by atoms with van der Waals surface area (Å²) in [7, 11) is 0. The van der Waals surface area contributed by atoms with E-state index in [1.807, 2.05) is 6.07 Å². The molecule has 1 aromatic heterocycles. The lowest BCUT2D eigenvalue weighted by Gasteiger charge is -1.94. The van der Waals surface area contributed by atoms with Gasteiger partial charge in [-0.3, -0.25) is 15.2 Å². The molecule has 0 aliphatic heterocycles. The smallest absolute Gasteiger partial charge is 0.261 e. The first kappa shape index (κ1) is 9.67. The van der Waals surface area contributed by atoms with E-state index in [1.54, 1.807) is 24.3 Å². The minimum absolute atomic E-state index is 0.0566. The van der Waals surface area contributed by atoms with E-state index in [-0.39, 0.29) is 16.5 Å². The van der Waals surface area contributed by atoms with Gasteiger partial charge >= 0.3 is 5.69 Å². The van der Waals surface area contributed by atoms with Crippen LogP contribution in [0, 0.1) is 10.1 Å². The normalized spacial score (nSPS) is 10.2. The van der Waals surface area contributed by atoms with Gasteiger partial charge in [-0.1, -0.05) is 41.9 Å². The van der Waals surface area contributed by atoms with E-state index in [2.05, 4.69) is 10.2 Å². The Labute approximate surface area is 89.8 Å². The van der Waals surface area contributed by atoms with Gasteiger partial charge in [0.15, 0.2) is 5.69 Å². The Morgan fingerprint density at radius 2 is 2.00 bits per heavy atom. The molecule has 0 aliphatic carbocycles. The molecule has 1 aromatic carbocycles. The Bertz CT molecular complexity index is 495. The van der Waals surface area contributed by atoms with Crippen LogP contribution in [-0.4, -0.2) is 15.1 Å². The number of hydrogen-bond donors (Lipinski definition) is 1. The van der Waals surface area contributed by atoms with Crippen molar-refractivity contribution >= 4 is 17.3 Å². The number of aromatic nitrogens is 2. The fourth-order valence-corrected chi connectivity index (χ4v) is 1.48. The fraction of sp³-hybridized carbons (Fsp3) is 0. The minimum Gasteiger partial charge on any atom is -0.261 e. The molecule has 2 rings (SSSR count). The van der Waals surface area contributed by atoms with Crippen LogP contribution in [0.2, 0.25) is 5.15 Å². The number of aromatic amines is 1. The van der Waals surface area contributed by atoms with E-state index in [4.69, 9.17) is 11.6 Å². The first-order valence-corrected chi connectivity index (χ1v) is 4.51. The largest absolute Gasteiger partial charge is 0.333 e. The maximum Gasteiger partial charge on any atom is 0.333 e. The van der Waals surface area contributed by atoms with E-state index in [0.29, 0.717) is 5.56 Å². The maximum absolute atomic E-state index is 10.7. The van der Waals surface area contributed by atoms with Crippen molar-refractivity contribution in [2.24, 2.45) is 0 Å². The second kappa shape index (κ2) is 3.70. The predicted molar refractivity (Wildman–Crippen MR) is 55.7 cm³/mol. The third-order valence-corrected chi connectivity index (χ3v) is 2.19. The van der Waals surface area contributed by atoms with Crippen molar-refractivity contribution < 1.29 is 4.92 Å². The fourth-order valence-electron chi connectivity index (χ4n) is 1.28. The lowest BCUT2D eigenvalue weighted by molar-refractivity contribution is -0.384. The number of halogens is 1. The van der Waals surface area contributed by atoms with Crippen LogP contribution in [-0.2, 0) is 0 Å². The molecular formula is C9H6ClN3O2. The van der Waals surface area contributed by atoms with Crippen molar-refractivity contribution in [3.05, 3.63) is 45.6 Å². The summed E-state index contributed by atoms with van der Waals surface area (Å²) < 4.78 is 0. The molecule has 0 saturated heterocycles. The van der Waals surface area contributed by atoms with Crippen LogP contribution in [0.1, 0.15) is 0 Å². The number of rotatable bonds is 2. The molecule has 6 heteroatoms. The van der Waals surface area contributed by atoms with Crippen LogP contribution in [0.4, 0.5) is 5.69 Å². The summed E-state index contributed by atoms with van der Waals surface area (Å²) in [6.07, 6.45) is 0. The maximum atomic E-state index is 10.7. The van der Waals surface area contributed by atoms with E-state index in [0.717, 1.165) is 0 Å². The third kappa shape index (κ3) is 1.69. The number of nitrogens with zero attached hydrogens (tertiary/aromatic N) is 2. The zero-order valence-corrected chi connectivity index (χ0v) is 8.23. The summed E-state index contributed by atoms with van der Waals surface area (Å²) in [4.78, 5) is 10.2. The Kier molecular flexibility index (Phi) is 2.39. The Balaban J connectivity index is 2.59. The van der Waals surface area contributed by atoms with Crippen molar-refractivity contribution in [2.45, 2.75) is 0 Å². The van der Waals surface area contributed by atoms with Crippen LogP contribution < -0.4 is 0 Å². The van der Waals surface area contributed by atoms with Crippen LogP contribution in [0.5, 0.6) is 0 Å². The third-order valence-electron chi connectivity index (χ3n) is 1.93. The highest BCUT2D eigenvalue weighted by atomic mass is 35.5. The average Bonchev–Trinajstić information content (AvgIpc) is 2.61. The molecule has 0 atom stereocenters. The summed E-state index contributed by atoms with van der Waals surface area (Å²) in [6, 6.07) is 8.85. The quantitative estimate of drug-likeness (QED) is 0.628. The Hall–Kier alpha value is -1.88. The molecule has 15 heavy (non-hydrogen) atoms. The molecule has 0 fully saturated rings. The molecule has 0 radical (unpaired) electrons. The minimum atomic E-state index is -0.547. The summed E-state index contributed by atoms with van der Waals surface area (Å²) in [6.45, 7) is 0. The number of H-pyrrole nitrogens is 1. The molecule has 0 saturated carbocycles.